The Bertz CT molecular complexity index is 493. The fourth-order valence-corrected chi connectivity index (χ4v) is 1.33. The van der Waals surface area contributed by atoms with Gasteiger partial charge in [0.2, 0.25) is 5.91 Å². The lowest BCUT2D eigenvalue weighted by atomic mass is 9.95. The van der Waals surface area contributed by atoms with E-state index in [4.69, 9.17) is 5.11 Å². The average Bonchev–Trinajstić information content (AvgIpc) is 2.27. The van der Waals surface area contributed by atoms with Crippen LogP contribution in [0.25, 0.3) is 0 Å². The topological polar surface area (TPSA) is 58.6 Å². The van der Waals surface area contributed by atoms with Gasteiger partial charge in [-0.2, -0.15) is 0 Å². The van der Waals surface area contributed by atoms with Crippen molar-refractivity contribution in [2.75, 3.05) is 5.32 Å². The lowest BCUT2D eigenvalue weighted by Crippen LogP contribution is -2.28. The molecule has 0 spiro atoms. The molecule has 0 radical (unpaired) electrons. The van der Waals surface area contributed by atoms with Gasteiger partial charge in [0.05, 0.1) is 6.61 Å². The number of benzene rings is 1. The number of halogens is 3. The molecular formula is C13H16F3NO3. The molecule has 1 aromatic rings. The smallest absolute Gasteiger partial charge is 0.406 e. The summed E-state index contributed by atoms with van der Waals surface area (Å²) in [6, 6.07) is 3.37. The van der Waals surface area contributed by atoms with Crippen LogP contribution >= 0.6 is 0 Å². The molecular weight excluding hydrogens is 275 g/mol. The molecule has 0 bridgehead atoms. The molecule has 0 saturated heterocycles. The van der Waals surface area contributed by atoms with Gasteiger partial charge < -0.3 is 15.2 Å². The van der Waals surface area contributed by atoms with E-state index in [0.29, 0.717) is 0 Å². The number of carbonyl (C=O) groups excluding carboxylic acids is 1. The number of carbonyl (C=O) groups is 1. The Hall–Kier alpha value is -1.76. The van der Waals surface area contributed by atoms with E-state index < -0.39 is 24.1 Å². The SMILES string of the molecule is CC(C)(C)C(=O)Nc1ccc(OC(F)(F)F)cc1CO. The molecule has 2 N–H and O–H groups in total. The fraction of sp³-hybridized carbons (Fsp3) is 0.462. The maximum Gasteiger partial charge on any atom is 0.573 e. The highest BCUT2D eigenvalue weighted by Gasteiger charge is 2.31. The van der Waals surface area contributed by atoms with Crippen LogP contribution in [-0.2, 0) is 11.4 Å². The van der Waals surface area contributed by atoms with Crippen LogP contribution < -0.4 is 10.1 Å². The first kappa shape index (κ1) is 16.3. The standard InChI is InChI=1S/C13H16F3NO3/c1-12(2,3)11(19)17-10-5-4-9(6-8(10)7-18)20-13(14,15)16/h4-6,18H,7H2,1-3H3,(H,17,19). The third kappa shape index (κ3) is 4.73. The van der Waals surface area contributed by atoms with Crippen LogP contribution in [0.1, 0.15) is 26.3 Å². The average molecular weight is 291 g/mol. The molecule has 1 amide bonds. The summed E-state index contributed by atoms with van der Waals surface area (Å²) in [6.07, 6.45) is -4.80. The largest absolute Gasteiger partial charge is 0.573 e. The zero-order valence-electron chi connectivity index (χ0n) is 11.3. The molecule has 0 unspecified atom stereocenters. The van der Waals surface area contributed by atoms with E-state index >= 15 is 0 Å². The molecule has 0 aliphatic heterocycles. The predicted octanol–water partition coefficient (Wildman–Crippen LogP) is 3.06. The second-order valence-electron chi connectivity index (χ2n) is 5.23. The van der Waals surface area contributed by atoms with Crippen LogP contribution in [0.5, 0.6) is 5.75 Å². The van der Waals surface area contributed by atoms with Gasteiger partial charge in [-0.25, -0.2) is 0 Å². The van der Waals surface area contributed by atoms with Crippen molar-refractivity contribution in [3.05, 3.63) is 23.8 Å². The predicted molar refractivity (Wildman–Crippen MR) is 67.1 cm³/mol. The van der Waals surface area contributed by atoms with Crippen LogP contribution in [0, 0.1) is 5.41 Å². The minimum absolute atomic E-state index is 0.143. The van der Waals surface area contributed by atoms with Gasteiger partial charge in [0.1, 0.15) is 5.75 Å². The van der Waals surface area contributed by atoms with E-state index in [9.17, 15) is 18.0 Å². The molecule has 0 aromatic heterocycles. The quantitative estimate of drug-likeness (QED) is 0.899. The van der Waals surface area contributed by atoms with E-state index in [1.165, 1.54) is 6.07 Å². The number of amides is 1. The van der Waals surface area contributed by atoms with Gasteiger partial charge >= 0.3 is 6.36 Å². The van der Waals surface area contributed by atoms with Crippen molar-refractivity contribution in [2.45, 2.75) is 33.7 Å². The summed E-state index contributed by atoms with van der Waals surface area (Å²) in [5, 5.41) is 11.7. The summed E-state index contributed by atoms with van der Waals surface area (Å²) in [4.78, 5) is 11.8. The lowest BCUT2D eigenvalue weighted by Gasteiger charge is -2.19. The molecule has 0 fully saturated rings. The zero-order chi connectivity index (χ0) is 15.6. The van der Waals surface area contributed by atoms with Crippen molar-refractivity contribution in [1.29, 1.82) is 0 Å². The summed E-state index contributed by atoms with van der Waals surface area (Å²) in [7, 11) is 0. The van der Waals surface area contributed by atoms with Crippen LogP contribution in [-0.4, -0.2) is 17.4 Å². The first-order chi connectivity index (χ1) is 9.03. The Kier molecular flexibility index (Phi) is 4.65. The molecule has 7 heteroatoms. The number of alkyl halides is 3. The molecule has 20 heavy (non-hydrogen) atoms. The Morgan fingerprint density at radius 1 is 1.30 bits per heavy atom. The molecule has 1 aromatic carbocycles. The van der Waals surface area contributed by atoms with Gasteiger partial charge in [-0.3, -0.25) is 4.79 Å². The van der Waals surface area contributed by atoms with Crippen molar-refractivity contribution >= 4 is 11.6 Å². The first-order valence-electron chi connectivity index (χ1n) is 5.84. The molecule has 4 nitrogen and oxygen atoms in total. The summed E-state index contributed by atoms with van der Waals surface area (Å²) in [5.41, 5.74) is -0.264. The van der Waals surface area contributed by atoms with Gasteiger partial charge in [0.15, 0.2) is 0 Å². The third-order valence-electron chi connectivity index (χ3n) is 2.41. The molecule has 0 aliphatic carbocycles. The van der Waals surface area contributed by atoms with Gasteiger partial charge in [-0.1, -0.05) is 20.8 Å². The highest BCUT2D eigenvalue weighted by Crippen LogP contribution is 2.28. The van der Waals surface area contributed by atoms with Crippen molar-refractivity contribution in [1.82, 2.24) is 0 Å². The fourth-order valence-electron chi connectivity index (χ4n) is 1.33. The van der Waals surface area contributed by atoms with Crippen molar-refractivity contribution in [3.8, 4) is 5.75 Å². The zero-order valence-corrected chi connectivity index (χ0v) is 11.3. The molecule has 0 aliphatic rings. The Morgan fingerprint density at radius 3 is 2.35 bits per heavy atom. The molecule has 1 rings (SSSR count). The normalized spacial score (nSPS) is 12.2. The van der Waals surface area contributed by atoms with Gasteiger partial charge in [-0.05, 0) is 18.2 Å². The van der Waals surface area contributed by atoms with Crippen LogP contribution in [0.2, 0.25) is 0 Å². The van der Waals surface area contributed by atoms with E-state index in [1.807, 2.05) is 0 Å². The third-order valence-corrected chi connectivity index (χ3v) is 2.41. The Balaban J connectivity index is 2.97. The molecule has 112 valence electrons. The Morgan fingerprint density at radius 2 is 1.90 bits per heavy atom. The maximum absolute atomic E-state index is 12.1. The summed E-state index contributed by atoms with van der Waals surface area (Å²) >= 11 is 0. The van der Waals surface area contributed by atoms with Gasteiger partial charge in [-0.15, -0.1) is 13.2 Å². The Labute approximate surface area is 114 Å². The molecule has 0 atom stereocenters. The maximum atomic E-state index is 12.1. The highest BCUT2D eigenvalue weighted by atomic mass is 19.4. The van der Waals surface area contributed by atoms with E-state index in [-0.39, 0.29) is 17.2 Å². The monoisotopic (exact) mass is 291 g/mol. The van der Waals surface area contributed by atoms with E-state index in [2.05, 4.69) is 10.1 Å². The summed E-state index contributed by atoms with van der Waals surface area (Å²) in [6.45, 7) is 4.57. The number of anilines is 1. The van der Waals surface area contributed by atoms with Gasteiger partial charge in [0.25, 0.3) is 0 Å². The van der Waals surface area contributed by atoms with Crippen LogP contribution in [0.4, 0.5) is 18.9 Å². The molecule has 0 saturated carbocycles. The minimum atomic E-state index is -4.80. The lowest BCUT2D eigenvalue weighted by molar-refractivity contribution is -0.274. The summed E-state index contributed by atoms with van der Waals surface area (Å²) in [5.74, 6) is -0.757. The number of hydrogen-bond donors (Lipinski definition) is 2. The minimum Gasteiger partial charge on any atom is -0.406 e. The number of rotatable bonds is 3. The summed E-state index contributed by atoms with van der Waals surface area (Å²) < 4.78 is 40.0. The second kappa shape index (κ2) is 5.70. The first-order valence-corrected chi connectivity index (χ1v) is 5.84. The number of ether oxygens (including phenoxy) is 1. The second-order valence-corrected chi connectivity index (χ2v) is 5.23. The van der Waals surface area contributed by atoms with Gasteiger partial charge in [0, 0.05) is 16.7 Å². The number of hydrogen-bond acceptors (Lipinski definition) is 3. The number of nitrogens with one attached hydrogen (secondary N) is 1. The van der Waals surface area contributed by atoms with Crippen LogP contribution in [0.3, 0.4) is 0 Å². The van der Waals surface area contributed by atoms with E-state index in [0.717, 1.165) is 12.1 Å². The van der Waals surface area contributed by atoms with E-state index in [1.54, 1.807) is 20.8 Å². The van der Waals surface area contributed by atoms with Crippen molar-refractivity contribution < 1.29 is 27.8 Å². The van der Waals surface area contributed by atoms with Crippen molar-refractivity contribution in [2.24, 2.45) is 5.41 Å². The van der Waals surface area contributed by atoms with Crippen LogP contribution in [0.15, 0.2) is 18.2 Å². The number of aliphatic hydroxyl groups is 1. The molecule has 0 heterocycles. The highest BCUT2D eigenvalue weighted by molar-refractivity contribution is 5.95. The number of aliphatic hydroxyl groups excluding tert-OH is 1. The van der Waals surface area contributed by atoms with Crippen molar-refractivity contribution in [3.63, 3.8) is 0 Å².